The minimum Gasteiger partial charge on any atom is -0.396 e. The van der Waals surface area contributed by atoms with E-state index in [-0.39, 0.29) is 0 Å². The molecule has 1 rings (SSSR count). The molecule has 1 aliphatic carbocycles. The lowest BCUT2D eigenvalue weighted by atomic mass is 10.1. The molecule has 14 heavy (non-hydrogen) atoms. The quantitative estimate of drug-likeness (QED) is 0.744. The van der Waals surface area contributed by atoms with Crippen LogP contribution in [-0.4, -0.2) is 32.1 Å². The van der Waals surface area contributed by atoms with Crippen LogP contribution in [-0.2, 0) is 4.74 Å². The zero-order chi connectivity index (χ0) is 11.4. The second-order valence-electron chi connectivity index (χ2n) is 3.18. The largest absolute Gasteiger partial charge is 0.396 e. The lowest BCUT2D eigenvalue weighted by Gasteiger charge is -2.07. The third kappa shape index (κ3) is 7.73. The van der Waals surface area contributed by atoms with E-state index in [1.54, 1.807) is 7.11 Å². The fourth-order valence-corrected chi connectivity index (χ4v) is 1.73. The summed E-state index contributed by atoms with van der Waals surface area (Å²) in [4.78, 5) is 0. The van der Waals surface area contributed by atoms with E-state index >= 15 is 0 Å². The van der Waals surface area contributed by atoms with E-state index in [4.69, 9.17) is 9.84 Å². The zero-order valence-corrected chi connectivity index (χ0v) is 11.3. The molecule has 1 aliphatic rings. The van der Waals surface area contributed by atoms with Gasteiger partial charge in [-0.1, -0.05) is 20.5 Å². The maximum atomic E-state index is 8.81. The fourth-order valence-electron chi connectivity index (χ4n) is 1.73. The number of aliphatic hydroxyl groups is 1. The second-order valence-corrected chi connectivity index (χ2v) is 3.18. The average molecular weight is 222 g/mol. The van der Waals surface area contributed by atoms with Gasteiger partial charge in [-0.15, -0.1) is 9.24 Å². The van der Waals surface area contributed by atoms with E-state index in [1.165, 1.54) is 12.8 Å². The summed E-state index contributed by atoms with van der Waals surface area (Å²) in [5.41, 5.74) is 0. The molecule has 0 spiro atoms. The molecule has 0 saturated heterocycles. The Bertz CT molecular complexity index is 99.3. The number of aliphatic hydroxyl groups excluding tert-OH is 1. The topological polar surface area (TPSA) is 29.5 Å². The summed E-state index contributed by atoms with van der Waals surface area (Å²) in [6.07, 6.45) is 3.58. The van der Waals surface area contributed by atoms with E-state index in [0.29, 0.717) is 18.4 Å². The van der Waals surface area contributed by atoms with Crippen molar-refractivity contribution in [3.8, 4) is 0 Å². The molecule has 0 radical (unpaired) electrons. The first kappa shape index (κ1) is 16.8. The third-order valence-corrected chi connectivity index (χ3v) is 2.31. The van der Waals surface area contributed by atoms with Crippen LogP contribution in [0.5, 0.6) is 0 Å². The molecule has 1 N–H and O–H groups in total. The first-order chi connectivity index (χ1) is 6.86. The Morgan fingerprint density at radius 2 is 1.71 bits per heavy atom. The van der Waals surface area contributed by atoms with Crippen LogP contribution < -0.4 is 0 Å². The third-order valence-electron chi connectivity index (χ3n) is 2.31. The molecule has 3 heteroatoms. The van der Waals surface area contributed by atoms with Crippen molar-refractivity contribution in [3.05, 3.63) is 0 Å². The Kier molecular flexibility index (Phi) is 16.0. The normalized spacial score (nSPS) is 24.4. The first-order valence-electron chi connectivity index (χ1n) is 5.54. The van der Waals surface area contributed by atoms with Gasteiger partial charge in [0.25, 0.3) is 0 Å². The lowest BCUT2D eigenvalue weighted by molar-refractivity contribution is 0.148. The summed E-state index contributed by atoms with van der Waals surface area (Å²) in [6.45, 7) is 7.15. The Morgan fingerprint density at radius 1 is 1.21 bits per heavy atom. The van der Waals surface area contributed by atoms with Crippen molar-refractivity contribution in [1.29, 1.82) is 0 Å². The standard InChI is InChI=1S/C8H16O2.C2H6.CH5P/c1-10-6-8-3-2-7(4-8)5-9;2*1-2/h7-9H,2-6H2,1H3;1-2H3;2H2,1H3. The number of methoxy groups -OCH3 is 1. The molecular weight excluding hydrogens is 195 g/mol. The van der Waals surface area contributed by atoms with Crippen LogP contribution in [0.15, 0.2) is 0 Å². The van der Waals surface area contributed by atoms with Gasteiger partial charge in [0.2, 0.25) is 0 Å². The highest BCUT2D eigenvalue weighted by Crippen LogP contribution is 2.30. The van der Waals surface area contributed by atoms with Gasteiger partial charge in [-0.3, -0.25) is 0 Å². The van der Waals surface area contributed by atoms with Gasteiger partial charge in [0.05, 0.1) is 0 Å². The number of ether oxygens (including phenoxy) is 1. The molecule has 0 bridgehead atoms. The van der Waals surface area contributed by atoms with Crippen molar-refractivity contribution in [2.75, 3.05) is 27.0 Å². The van der Waals surface area contributed by atoms with Crippen LogP contribution in [0.1, 0.15) is 33.1 Å². The molecule has 0 amide bonds. The molecule has 0 aromatic rings. The molecular formula is C11H27O2P. The van der Waals surface area contributed by atoms with Crippen LogP contribution >= 0.6 is 9.24 Å². The Labute approximate surface area is 91.6 Å². The van der Waals surface area contributed by atoms with Gasteiger partial charge in [-0.2, -0.15) is 0 Å². The van der Waals surface area contributed by atoms with Crippen molar-refractivity contribution in [1.82, 2.24) is 0 Å². The minimum absolute atomic E-state index is 0.361. The molecule has 1 saturated carbocycles. The van der Waals surface area contributed by atoms with Crippen LogP contribution in [0, 0.1) is 11.8 Å². The molecule has 0 aliphatic heterocycles. The van der Waals surface area contributed by atoms with Gasteiger partial charge in [0.1, 0.15) is 0 Å². The highest BCUT2D eigenvalue weighted by Gasteiger charge is 2.23. The van der Waals surface area contributed by atoms with E-state index in [0.717, 1.165) is 13.0 Å². The first-order valence-corrected chi connectivity index (χ1v) is 6.69. The second kappa shape index (κ2) is 13.4. The molecule has 0 aromatic carbocycles. The SMILES string of the molecule is CC.COCC1CCC(CO)C1.CP. The summed E-state index contributed by atoms with van der Waals surface area (Å²) >= 11 is 0. The highest BCUT2D eigenvalue weighted by molar-refractivity contribution is 7.15. The average Bonchev–Trinajstić information content (AvgIpc) is 2.72. The lowest BCUT2D eigenvalue weighted by Crippen LogP contribution is -2.05. The smallest absolute Gasteiger partial charge is 0.0490 e. The summed E-state index contributed by atoms with van der Waals surface area (Å²) in [7, 11) is 4.16. The van der Waals surface area contributed by atoms with Crippen molar-refractivity contribution >= 4 is 9.24 Å². The number of rotatable bonds is 3. The van der Waals surface area contributed by atoms with Gasteiger partial charge in [0.15, 0.2) is 0 Å². The van der Waals surface area contributed by atoms with Gasteiger partial charge >= 0.3 is 0 Å². The van der Waals surface area contributed by atoms with Gasteiger partial charge < -0.3 is 9.84 Å². The van der Waals surface area contributed by atoms with Crippen molar-refractivity contribution in [2.45, 2.75) is 33.1 Å². The number of hydrogen-bond acceptors (Lipinski definition) is 2. The predicted molar refractivity (Wildman–Crippen MR) is 66.8 cm³/mol. The zero-order valence-electron chi connectivity index (χ0n) is 10.1. The molecule has 88 valence electrons. The molecule has 0 aromatic heterocycles. The fraction of sp³-hybridized carbons (Fsp3) is 1.00. The molecule has 3 unspecified atom stereocenters. The predicted octanol–water partition coefficient (Wildman–Crippen LogP) is 2.56. The van der Waals surface area contributed by atoms with E-state index in [2.05, 4.69) is 9.24 Å². The van der Waals surface area contributed by atoms with Crippen molar-refractivity contribution < 1.29 is 9.84 Å². The maximum absolute atomic E-state index is 8.81. The van der Waals surface area contributed by atoms with Crippen LogP contribution in [0.4, 0.5) is 0 Å². The van der Waals surface area contributed by atoms with E-state index in [9.17, 15) is 0 Å². The van der Waals surface area contributed by atoms with Crippen molar-refractivity contribution in [3.63, 3.8) is 0 Å². The van der Waals surface area contributed by atoms with Crippen molar-refractivity contribution in [2.24, 2.45) is 11.8 Å². The Morgan fingerprint density at radius 3 is 2.07 bits per heavy atom. The van der Waals surface area contributed by atoms with Gasteiger partial charge in [0, 0.05) is 20.3 Å². The maximum Gasteiger partial charge on any atom is 0.0490 e. The van der Waals surface area contributed by atoms with E-state index < -0.39 is 0 Å². The summed E-state index contributed by atoms with van der Waals surface area (Å²) in [5.74, 6) is 1.27. The number of hydrogen-bond donors (Lipinski definition) is 1. The van der Waals surface area contributed by atoms with Crippen LogP contribution in [0.2, 0.25) is 0 Å². The van der Waals surface area contributed by atoms with E-state index in [1.807, 2.05) is 20.5 Å². The van der Waals surface area contributed by atoms with Crippen LogP contribution in [0.25, 0.3) is 0 Å². The molecule has 2 nitrogen and oxygen atoms in total. The Balaban J connectivity index is 0. The van der Waals surface area contributed by atoms with Crippen LogP contribution in [0.3, 0.4) is 0 Å². The monoisotopic (exact) mass is 222 g/mol. The van der Waals surface area contributed by atoms with Gasteiger partial charge in [-0.25, -0.2) is 0 Å². The molecule has 1 fully saturated rings. The minimum atomic E-state index is 0.361. The highest BCUT2D eigenvalue weighted by atomic mass is 31.0. The van der Waals surface area contributed by atoms with Gasteiger partial charge in [-0.05, 0) is 31.1 Å². The summed E-state index contributed by atoms with van der Waals surface area (Å²) in [6, 6.07) is 0. The molecule has 3 atom stereocenters. The molecule has 0 heterocycles. The summed E-state index contributed by atoms with van der Waals surface area (Å²) < 4.78 is 5.04. The summed E-state index contributed by atoms with van der Waals surface area (Å²) in [5, 5.41) is 8.81. The Hall–Kier alpha value is 0.350.